The molecule has 0 aromatic heterocycles. The van der Waals surface area contributed by atoms with Crippen LogP contribution in [0.3, 0.4) is 0 Å². The van der Waals surface area contributed by atoms with Gasteiger partial charge in [-0.25, -0.2) is 0 Å². The number of amides is 2. The molecule has 0 bridgehead atoms. The first kappa shape index (κ1) is 24.2. The maximum atomic E-state index is 13.4. The Balaban J connectivity index is 1.18. The summed E-state index contributed by atoms with van der Waals surface area (Å²) in [6.07, 6.45) is 13.4. The molecule has 1 aromatic rings. The van der Waals surface area contributed by atoms with Crippen LogP contribution in [0.5, 0.6) is 0 Å². The molecule has 0 radical (unpaired) electrons. The smallest absolute Gasteiger partial charge is 0.231 e. The van der Waals surface area contributed by atoms with Crippen molar-refractivity contribution >= 4 is 11.8 Å². The zero-order chi connectivity index (χ0) is 24.9. The molecule has 0 N–H and O–H groups in total. The van der Waals surface area contributed by atoms with Gasteiger partial charge in [-0.1, -0.05) is 48.6 Å². The molecule has 4 aliphatic rings. The maximum Gasteiger partial charge on any atom is 0.231 e. The lowest BCUT2D eigenvalue weighted by molar-refractivity contribution is -0.135. The van der Waals surface area contributed by atoms with Crippen LogP contribution in [0.15, 0.2) is 78.3 Å². The van der Waals surface area contributed by atoms with Crippen molar-refractivity contribution < 1.29 is 19.1 Å². The first-order valence-electron chi connectivity index (χ1n) is 13.1. The lowest BCUT2D eigenvalue weighted by atomic mass is 9.86. The van der Waals surface area contributed by atoms with Crippen LogP contribution in [0.25, 0.3) is 0 Å². The number of hydrogen-bond donors (Lipinski definition) is 0. The van der Waals surface area contributed by atoms with Crippen molar-refractivity contribution in [1.82, 2.24) is 14.7 Å². The van der Waals surface area contributed by atoms with Crippen LogP contribution in [-0.4, -0.2) is 65.3 Å². The Kier molecular flexibility index (Phi) is 7.44. The van der Waals surface area contributed by atoms with Gasteiger partial charge in [0.05, 0.1) is 0 Å². The van der Waals surface area contributed by atoms with Gasteiger partial charge in [-0.2, -0.15) is 0 Å². The summed E-state index contributed by atoms with van der Waals surface area (Å²) >= 11 is 0. The minimum atomic E-state index is 0.00779. The molecule has 190 valence electrons. The highest BCUT2D eigenvalue weighted by Crippen LogP contribution is 2.35. The van der Waals surface area contributed by atoms with Gasteiger partial charge in [0.25, 0.3) is 0 Å². The van der Waals surface area contributed by atoms with Crippen LogP contribution >= 0.6 is 0 Å². The van der Waals surface area contributed by atoms with Crippen LogP contribution in [0.2, 0.25) is 0 Å². The third-order valence-electron chi connectivity index (χ3n) is 7.65. The van der Waals surface area contributed by atoms with E-state index in [1.54, 1.807) is 12.5 Å². The van der Waals surface area contributed by atoms with Gasteiger partial charge < -0.3 is 24.2 Å². The number of ether oxygens (including phenoxy) is 2. The van der Waals surface area contributed by atoms with Gasteiger partial charge in [0, 0.05) is 57.5 Å². The fourth-order valence-corrected chi connectivity index (χ4v) is 5.65. The van der Waals surface area contributed by atoms with E-state index in [0.29, 0.717) is 51.4 Å². The zero-order valence-corrected chi connectivity index (χ0v) is 21.0. The van der Waals surface area contributed by atoms with Crippen molar-refractivity contribution in [2.45, 2.75) is 51.0 Å². The molecule has 0 saturated carbocycles. The first-order chi connectivity index (χ1) is 17.6. The van der Waals surface area contributed by atoms with Gasteiger partial charge in [-0.3, -0.25) is 9.59 Å². The Bertz CT molecular complexity index is 1080. The lowest BCUT2D eigenvalue weighted by Gasteiger charge is -2.38. The van der Waals surface area contributed by atoms with Gasteiger partial charge >= 0.3 is 0 Å². The highest BCUT2D eigenvalue weighted by molar-refractivity contribution is 5.80. The zero-order valence-electron chi connectivity index (χ0n) is 21.0. The Labute approximate surface area is 213 Å². The molecule has 7 nitrogen and oxygen atoms in total. The van der Waals surface area contributed by atoms with E-state index in [0.717, 1.165) is 36.2 Å². The fraction of sp³-hybridized carbons (Fsp3) is 0.448. The predicted molar refractivity (Wildman–Crippen MR) is 137 cm³/mol. The highest BCUT2D eigenvalue weighted by atomic mass is 16.6. The quantitative estimate of drug-likeness (QED) is 0.572. The summed E-state index contributed by atoms with van der Waals surface area (Å²) in [7, 11) is 0. The summed E-state index contributed by atoms with van der Waals surface area (Å²) in [5, 5.41) is 0. The number of likely N-dealkylation sites (N-methyl/N-ethyl adjacent to an activating group) is 1. The largest absolute Gasteiger partial charge is 0.456 e. The summed E-state index contributed by atoms with van der Waals surface area (Å²) in [5.74, 6) is 1.79. The van der Waals surface area contributed by atoms with Crippen LogP contribution in [0.1, 0.15) is 50.5 Å². The normalized spacial score (nSPS) is 22.9. The first-order valence-corrected chi connectivity index (χ1v) is 13.1. The maximum absolute atomic E-state index is 13.4. The molecule has 0 spiro atoms. The van der Waals surface area contributed by atoms with Gasteiger partial charge in [0.2, 0.25) is 17.7 Å². The summed E-state index contributed by atoms with van der Waals surface area (Å²) < 4.78 is 11.8. The number of nitrogens with zero attached hydrogens (tertiary/aromatic N) is 3. The minimum absolute atomic E-state index is 0.00779. The number of benzene rings is 1. The predicted octanol–water partition coefficient (Wildman–Crippen LogP) is 4.28. The second-order valence-corrected chi connectivity index (χ2v) is 9.71. The molecule has 5 rings (SSSR count). The molecular weight excluding hydrogens is 454 g/mol. The van der Waals surface area contributed by atoms with Crippen molar-refractivity contribution in [3.8, 4) is 0 Å². The lowest BCUT2D eigenvalue weighted by Crippen LogP contribution is -2.49. The molecule has 1 aliphatic carbocycles. The topological polar surface area (TPSA) is 62.3 Å². The molecular formula is C29H35N3O4. The van der Waals surface area contributed by atoms with Crippen molar-refractivity contribution in [3.63, 3.8) is 0 Å². The number of carbonyl (C=O) groups is 2. The van der Waals surface area contributed by atoms with E-state index in [-0.39, 0.29) is 23.8 Å². The minimum Gasteiger partial charge on any atom is -0.456 e. The van der Waals surface area contributed by atoms with Crippen LogP contribution in [0, 0.1) is 0 Å². The number of carbonyl (C=O) groups excluding carboxylic acids is 2. The van der Waals surface area contributed by atoms with Crippen LogP contribution < -0.4 is 0 Å². The van der Waals surface area contributed by atoms with Gasteiger partial charge in [-0.05, 0) is 37.3 Å². The van der Waals surface area contributed by atoms with Gasteiger partial charge in [-0.15, -0.1) is 0 Å². The van der Waals surface area contributed by atoms with E-state index >= 15 is 0 Å². The Morgan fingerprint density at radius 3 is 2.53 bits per heavy atom. The molecule has 36 heavy (non-hydrogen) atoms. The Morgan fingerprint density at radius 1 is 1.06 bits per heavy atom. The van der Waals surface area contributed by atoms with E-state index in [1.165, 1.54) is 0 Å². The van der Waals surface area contributed by atoms with E-state index in [4.69, 9.17) is 9.47 Å². The van der Waals surface area contributed by atoms with E-state index in [1.807, 2.05) is 41.0 Å². The second-order valence-electron chi connectivity index (χ2n) is 9.71. The van der Waals surface area contributed by atoms with Gasteiger partial charge in [0.1, 0.15) is 6.26 Å². The molecule has 3 heterocycles. The summed E-state index contributed by atoms with van der Waals surface area (Å²) in [6, 6.07) is 10.3. The standard InChI is InChI=1S/C29H35N3O4/c1-2-32-25(13-14-27(32)33)24(22-9-5-3-6-10-22)19-28(34)30-15-17-31(18-16-30)29-21-35-26(20-36-29)23-11-7-4-8-12-23/h3-7,9-11,20-21,24-25H,2,8,12-19H2,1H3. The molecule has 2 fully saturated rings. The van der Waals surface area contributed by atoms with Crippen LogP contribution in [0.4, 0.5) is 0 Å². The molecule has 2 saturated heterocycles. The summed E-state index contributed by atoms with van der Waals surface area (Å²) in [4.78, 5) is 31.9. The third-order valence-corrected chi connectivity index (χ3v) is 7.65. The average molecular weight is 490 g/mol. The SMILES string of the molecule is CCN1C(=O)CCC1C(CC(=O)N1CCN(C2=COC(C3=CC=CCC3)=CO2)CC1)c1ccccc1. The second kappa shape index (κ2) is 11.1. The number of allylic oxidation sites excluding steroid dienone is 4. The average Bonchev–Trinajstić information content (AvgIpc) is 3.32. The van der Waals surface area contributed by atoms with E-state index in [2.05, 4.69) is 29.2 Å². The molecule has 7 heteroatoms. The summed E-state index contributed by atoms with van der Waals surface area (Å²) in [6.45, 7) is 5.35. The fourth-order valence-electron chi connectivity index (χ4n) is 5.65. The van der Waals surface area contributed by atoms with Crippen molar-refractivity contribution in [1.29, 1.82) is 0 Å². The van der Waals surface area contributed by atoms with Crippen molar-refractivity contribution in [2.24, 2.45) is 0 Å². The highest BCUT2D eigenvalue weighted by Gasteiger charge is 2.38. The Hall–Kier alpha value is -3.48. The summed E-state index contributed by atoms with van der Waals surface area (Å²) in [5.41, 5.74) is 2.27. The van der Waals surface area contributed by atoms with Gasteiger partial charge in [0.15, 0.2) is 12.0 Å². The molecule has 2 atom stereocenters. The number of hydrogen-bond acceptors (Lipinski definition) is 5. The van der Waals surface area contributed by atoms with E-state index in [9.17, 15) is 9.59 Å². The van der Waals surface area contributed by atoms with Crippen molar-refractivity contribution in [2.75, 3.05) is 32.7 Å². The Morgan fingerprint density at radius 2 is 1.86 bits per heavy atom. The number of likely N-dealkylation sites (tertiary alicyclic amines) is 1. The molecule has 1 aromatic carbocycles. The third kappa shape index (κ3) is 5.20. The van der Waals surface area contributed by atoms with Crippen LogP contribution in [-0.2, 0) is 19.1 Å². The number of piperazine rings is 1. The van der Waals surface area contributed by atoms with E-state index < -0.39 is 0 Å². The monoisotopic (exact) mass is 489 g/mol. The number of rotatable bonds is 7. The van der Waals surface area contributed by atoms with Crippen molar-refractivity contribution in [3.05, 3.63) is 83.9 Å². The molecule has 2 amide bonds. The molecule has 3 aliphatic heterocycles. The molecule has 2 unspecified atom stereocenters.